The van der Waals surface area contributed by atoms with E-state index in [2.05, 4.69) is 50.1 Å². The van der Waals surface area contributed by atoms with Crippen LogP contribution in [0.2, 0.25) is 0 Å². The number of aromatic nitrogens is 4. The summed E-state index contributed by atoms with van der Waals surface area (Å²) in [6.07, 6.45) is 3.46. The standard InChI is InChI=1S/C17H20N6/c1-22(12-14-9-15-10-18-6-7-23(15)21-14)11-13-2-3-16-17(8-13)20-5-4-19-16/h2-5,8-9,18H,6-7,10-12H2,1H3. The molecule has 1 N–H and O–H groups in total. The van der Waals surface area contributed by atoms with Crippen LogP contribution in [-0.2, 0) is 26.2 Å². The highest BCUT2D eigenvalue weighted by molar-refractivity contribution is 5.74. The number of rotatable bonds is 4. The Kier molecular flexibility index (Phi) is 3.77. The van der Waals surface area contributed by atoms with Gasteiger partial charge in [-0.1, -0.05) is 6.07 Å². The molecule has 1 aromatic carbocycles. The van der Waals surface area contributed by atoms with Crippen LogP contribution in [0.4, 0.5) is 0 Å². The minimum absolute atomic E-state index is 0.846. The lowest BCUT2D eigenvalue weighted by Gasteiger charge is -2.15. The molecule has 0 amide bonds. The Balaban J connectivity index is 1.46. The molecule has 3 heterocycles. The molecular weight excluding hydrogens is 288 g/mol. The van der Waals surface area contributed by atoms with Gasteiger partial charge in [-0.2, -0.15) is 5.10 Å². The maximum atomic E-state index is 4.69. The second-order valence-corrected chi connectivity index (χ2v) is 6.08. The molecule has 0 saturated heterocycles. The Labute approximate surface area is 135 Å². The third kappa shape index (κ3) is 3.09. The quantitative estimate of drug-likeness (QED) is 0.793. The van der Waals surface area contributed by atoms with Gasteiger partial charge in [0.1, 0.15) is 0 Å². The van der Waals surface area contributed by atoms with Gasteiger partial charge in [0.05, 0.1) is 29.0 Å². The van der Waals surface area contributed by atoms with Crippen molar-refractivity contribution in [2.45, 2.75) is 26.2 Å². The van der Waals surface area contributed by atoms with Crippen LogP contribution in [-0.4, -0.2) is 38.2 Å². The highest BCUT2D eigenvalue weighted by Crippen LogP contribution is 2.14. The van der Waals surface area contributed by atoms with E-state index in [9.17, 15) is 0 Å². The summed E-state index contributed by atoms with van der Waals surface area (Å²) in [5.74, 6) is 0. The van der Waals surface area contributed by atoms with Crippen molar-refractivity contribution in [2.24, 2.45) is 0 Å². The second-order valence-electron chi connectivity index (χ2n) is 6.08. The average molecular weight is 308 g/mol. The van der Waals surface area contributed by atoms with Crippen molar-refractivity contribution >= 4 is 11.0 Å². The second kappa shape index (κ2) is 6.06. The number of benzene rings is 1. The van der Waals surface area contributed by atoms with Gasteiger partial charge >= 0.3 is 0 Å². The van der Waals surface area contributed by atoms with Gasteiger partial charge in [-0.05, 0) is 30.8 Å². The van der Waals surface area contributed by atoms with Crippen molar-refractivity contribution < 1.29 is 0 Å². The SMILES string of the molecule is CN(Cc1ccc2nccnc2c1)Cc1cc2n(n1)CCNC2. The smallest absolute Gasteiger partial charge is 0.0890 e. The van der Waals surface area contributed by atoms with Crippen molar-refractivity contribution in [3.8, 4) is 0 Å². The van der Waals surface area contributed by atoms with Gasteiger partial charge in [-0.15, -0.1) is 0 Å². The summed E-state index contributed by atoms with van der Waals surface area (Å²) in [6.45, 7) is 4.59. The van der Waals surface area contributed by atoms with Crippen LogP contribution in [0.25, 0.3) is 11.0 Å². The molecule has 6 nitrogen and oxygen atoms in total. The fraction of sp³-hybridized carbons (Fsp3) is 0.353. The van der Waals surface area contributed by atoms with Crippen LogP contribution in [0.15, 0.2) is 36.7 Å². The van der Waals surface area contributed by atoms with Crippen LogP contribution in [0, 0.1) is 0 Å². The minimum Gasteiger partial charge on any atom is -0.309 e. The Hall–Kier alpha value is -2.31. The van der Waals surface area contributed by atoms with Crippen LogP contribution in [0.5, 0.6) is 0 Å². The molecule has 4 rings (SSSR count). The molecule has 0 saturated carbocycles. The third-order valence-corrected chi connectivity index (χ3v) is 4.14. The summed E-state index contributed by atoms with van der Waals surface area (Å²) in [6, 6.07) is 8.47. The van der Waals surface area contributed by atoms with Crippen LogP contribution in [0.1, 0.15) is 17.0 Å². The monoisotopic (exact) mass is 308 g/mol. The fourth-order valence-electron chi connectivity index (χ4n) is 3.08. The van der Waals surface area contributed by atoms with E-state index in [1.807, 2.05) is 6.07 Å². The fourth-order valence-corrected chi connectivity index (χ4v) is 3.08. The van der Waals surface area contributed by atoms with Gasteiger partial charge < -0.3 is 5.32 Å². The summed E-state index contributed by atoms with van der Waals surface area (Å²) in [5.41, 5.74) is 5.54. The van der Waals surface area contributed by atoms with Crippen molar-refractivity contribution in [1.82, 2.24) is 30.0 Å². The van der Waals surface area contributed by atoms with Crippen LogP contribution in [0.3, 0.4) is 0 Å². The zero-order valence-electron chi connectivity index (χ0n) is 13.2. The molecule has 0 bridgehead atoms. The Morgan fingerprint density at radius 3 is 2.87 bits per heavy atom. The first-order valence-electron chi connectivity index (χ1n) is 7.92. The summed E-state index contributed by atoms with van der Waals surface area (Å²) in [5, 5.41) is 8.07. The zero-order chi connectivity index (χ0) is 15.6. The van der Waals surface area contributed by atoms with Gasteiger partial charge in [-0.3, -0.25) is 19.5 Å². The summed E-state index contributed by atoms with van der Waals surface area (Å²) in [7, 11) is 2.12. The van der Waals surface area contributed by atoms with Crippen molar-refractivity contribution in [2.75, 3.05) is 13.6 Å². The molecule has 118 valence electrons. The summed E-state index contributed by atoms with van der Waals surface area (Å²) in [4.78, 5) is 11.0. The molecule has 0 fully saturated rings. The van der Waals surface area contributed by atoms with E-state index < -0.39 is 0 Å². The summed E-state index contributed by atoms with van der Waals surface area (Å²) < 4.78 is 2.12. The first kappa shape index (κ1) is 14.3. The molecule has 0 unspecified atom stereocenters. The van der Waals surface area contributed by atoms with E-state index in [-0.39, 0.29) is 0 Å². The maximum absolute atomic E-state index is 4.69. The van der Waals surface area contributed by atoms with E-state index in [0.29, 0.717) is 0 Å². The molecular formula is C17H20N6. The Morgan fingerprint density at radius 1 is 1.13 bits per heavy atom. The molecule has 2 aromatic heterocycles. The maximum Gasteiger partial charge on any atom is 0.0890 e. The molecule has 1 aliphatic heterocycles. The van der Waals surface area contributed by atoms with Gasteiger partial charge in [0.2, 0.25) is 0 Å². The minimum atomic E-state index is 0.846. The largest absolute Gasteiger partial charge is 0.309 e. The first-order valence-corrected chi connectivity index (χ1v) is 7.92. The molecule has 6 heteroatoms. The van der Waals surface area contributed by atoms with Gasteiger partial charge in [0.25, 0.3) is 0 Å². The highest BCUT2D eigenvalue weighted by Gasteiger charge is 2.13. The van der Waals surface area contributed by atoms with Crippen LogP contribution >= 0.6 is 0 Å². The Morgan fingerprint density at radius 2 is 2.00 bits per heavy atom. The lowest BCUT2D eigenvalue weighted by atomic mass is 10.2. The molecule has 3 aromatic rings. The first-order chi connectivity index (χ1) is 11.3. The van der Waals surface area contributed by atoms with Crippen molar-refractivity contribution in [1.29, 1.82) is 0 Å². The van der Waals surface area contributed by atoms with Gasteiger partial charge in [-0.25, -0.2) is 0 Å². The highest BCUT2D eigenvalue weighted by atomic mass is 15.3. The lowest BCUT2D eigenvalue weighted by molar-refractivity contribution is 0.313. The zero-order valence-corrected chi connectivity index (χ0v) is 13.2. The van der Waals surface area contributed by atoms with Crippen molar-refractivity contribution in [3.05, 3.63) is 53.6 Å². The number of hydrogen-bond acceptors (Lipinski definition) is 5. The van der Waals surface area contributed by atoms with E-state index in [1.165, 1.54) is 11.3 Å². The molecule has 1 aliphatic rings. The van der Waals surface area contributed by atoms with E-state index >= 15 is 0 Å². The molecule has 23 heavy (non-hydrogen) atoms. The molecule has 0 atom stereocenters. The lowest BCUT2D eigenvalue weighted by Crippen LogP contribution is -2.28. The number of fused-ring (bicyclic) bond motifs is 2. The van der Waals surface area contributed by atoms with Gasteiger partial charge in [0.15, 0.2) is 0 Å². The topological polar surface area (TPSA) is 58.9 Å². The van der Waals surface area contributed by atoms with E-state index in [1.54, 1.807) is 12.4 Å². The number of nitrogens with zero attached hydrogens (tertiary/aromatic N) is 5. The molecule has 0 radical (unpaired) electrons. The van der Waals surface area contributed by atoms with Crippen LogP contribution < -0.4 is 5.32 Å². The molecule has 0 spiro atoms. The normalized spacial score (nSPS) is 14.3. The predicted octanol–water partition coefficient (Wildman–Crippen LogP) is 1.56. The van der Waals surface area contributed by atoms with Crippen molar-refractivity contribution in [3.63, 3.8) is 0 Å². The third-order valence-electron chi connectivity index (χ3n) is 4.14. The Bertz CT molecular complexity index is 801. The van der Waals surface area contributed by atoms with Gasteiger partial charge in [0, 0.05) is 38.6 Å². The average Bonchev–Trinajstić information content (AvgIpc) is 2.96. The van der Waals surface area contributed by atoms with E-state index in [4.69, 9.17) is 5.10 Å². The predicted molar refractivity (Wildman–Crippen MR) is 88.6 cm³/mol. The van der Waals surface area contributed by atoms with E-state index in [0.717, 1.165) is 49.5 Å². The molecule has 0 aliphatic carbocycles. The number of hydrogen-bond donors (Lipinski definition) is 1. The number of nitrogens with one attached hydrogen (secondary N) is 1. The summed E-state index contributed by atoms with van der Waals surface area (Å²) >= 11 is 0.